The van der Waals surface area contributed by atoms with E-state index < -0.39 is 24.4 Å². The van der Waals surface area contributed by atoms with E-state index in [-0.39, 0.29) is 0 Å². The van der Waals surface area contributed by atoms with E-state index in [1.807, 2.05) is 0 Å². The summed E-state index contributed by atoms with van der Waals surface area (Å²) < 4.78 is 5.07. The maximum absolute atomic E-state index is 9.44. The molecule has 3 atom stereocenters. The highest BCUT2D eigenvalue weighted by atomic mass is 16.5. The van der Waals surface area contributed by atoms with Crippen LogP contribution in [-0.2, 0) is 4.74 Å². The molecule has 0 spiro atoms. The molecule has 4 nitrogen and oxygen atoms in total. The van der Waals surface area contributed by atoms with Gasteiger partial charge >= 0.3 is 0 Å². The van der Waals surface area contributed by atoms with Crippen molar-refractivity contribution in [3.63, 3.8) is 0 Å². The van der Waals surface area contributed by atoms with Crippen molar-refractivity contribution in [2.75, 3.05) is 13.2 Å². The molecule has 0 aliphatic carbocycles. The molecule has 0 aromatic rings. The van der Waals surface area contributed by atoms with Gasteiger partial charge in [0.2, 0.25) is 0 Å². The van der Waals surface area contributed by atoms with Crippen LogP contribution in [0.25, 0.3) is 0 Å². The summed E-state index contributed by atoms with van der Waals surface area (Å²) in [5.74, 6) is 0. The number of hydrogen-bond donors (Lipinski definition) is 3. The average Bonchev–Trinajstić information content (AvgIpc) is 2.03. The molecule has 74 valence electrons. The van der Waals surface area contributed by atoms with Crippen molar-refractivity contribution in [2.45, 2.75) is 38.6 Å². The SMILES string of the molecule is CCOC(C)C(O)[C@](C)(O)CO. The number of aliphatic hydroxyl groups excluding tert-OH is 2. The Labute approximate surface area is 72.8 Å². The molecule has 0 rings (SSSR count). The van der Waals surface area contributed by atoms with Gasteiger partial charge in [0.05, 0.1) is 12.7 Å². The van der Waals surface area contributed by atoms with Crippen molar-refractivity contribution in [3.8, 4) is 0 Å². The summed E-state index contributed by atoms with van der Waals surface area (Å²) in [6.45, 7) is 4.81. The van der Waals surface area contributed by atoms with Gasteiger partial charge < -0.3 is 20.1 Å². The van der Waals surface area contributed by atoms with Crippen LogP contribution in [0, 0.1) is 0 Å². The molecule has 0 heterocycles. The van der Waals surface area contributed by atoms with E-state index in [0.29, 0.717) is 6.61 Å². The van der Waals surface area contributed by atoms with Crippen LogP contribution in [0.3, 0.4) is 0 Å². The van der Waals surface area contributed by atoms with E-state index in [9.17, 15) is 10.2 Å². The van der Waals surface area contributed by atoms with Crippen LogP contribution in [0.5, 0.6) is 0 Å². The Morgan fingerprint density at radius 3 is 2.33 bits per heavy atom. The molecule has 0 saturated heterocycles. The summed E-state index contributed by atoms with van der Waals surface area (Å²) >= 11 is 0. The molecule has 2 unspecified atom stereocenters. The zero-order valence-electron chi connectivity index (χ0n) is 7.82. The Balaban J connectivity index is 4.07. The minimum atomic E-state index is -1.49. The Kier molecular flexibility index (Phi) is 4.70. The lowest BCUT2D eigenvalue weighted by Gasteiger charge is -2.30. The summed E-state index contributed by atoms with van der Waals surface area (Å²) in [4.78, 5) is 0. The summed E-state index contributed by atoms with van der Waals surface area (Å²) in [6, 6.07) is 0. The molecule has 0 aliphatic heterocycles. The lowest BCUT2D eigenvalue weighted by molar-refractivity contribution is -0.144. The van der Waals surface area contributed by atoms with Gasteiger partial charge in [0.25, 0.3) is 0 Å². The fraction of sp³-hybridized carbons (Fsp3) is 1.00. The van der Waals surface area contributed by atoms with Crippen LogP contribution in [0.15, 0.2) is 0 Å². The lowest BCUT2D eigenvalue weighted by Crippen LogP contribution is -2.49. The molecule has 0 aromatic heterocycles. The lowest BCUT2D eigenvalue weighted by atomic mass is 9.96. The number of hydrogen-bond acceptors (Lipinski definition) is 4. The normalized spacial score (nSPS) is 21.5. The molecule has 0 saturated carbocycles. The highest BCUT2D eigenvalue weighted by Crippen LogP contribution is 2.14. The smallest absolute Gasteiger partial charge is 0.113 e. The first-order valence-corrected chi connectivity index (χ1v) is 4.08. The van der Waals surface area contributed by atoms with Crippen molar-refractivity contribution in [1.82, 2.24) is 0 Å². The molecule has 0 aliphatic rings. The maximum Gasteiger partial charge on any atom is 0.113 e. The van der Waals surface area contributed by atoms with E-state index in [0.717, 1.165) is 0 Å². The van der Waals surface area contributed by atoms with Gasteiger partial charge in [-0.3, -0.25) is 0 Å². The number of ether oxygens (including phenoxy) is 1. The van der Waals surface area contributed by atoms with Crippen molar-refractivity contribution in [1.29, 1.82) is 0 Å². The second kappa shape index (κ2) is 4.77. The van der Waals surface area contributed by atoms with Crippen LogP contribution in [-0.4, -0.2) is 46.3 Å². The van der Waals surface area contributed by atoms with Gasteiger partial charge in [-0.1, -0.05) is 0 Å². The molecule has 0 amide bonds. The second-order valence-electron chi connectivity index (χ2n) is 3.12. The van der Waals surface area contributed by atoms with Gasteiger partial charge in [0.1, 0.15) is 11.7 Å². The Morgan fingerprint density at radius 2 is 2.00 bits per heavy atom. The third kappa shape index (κ3) is 3.06. The molecule has 0 aromatic carbocycles. The predicted octanol–water partition coefficient (Wildman–Crippen LogP) is -0.484. The molecular formula is C8H18O4. The van der Waals surface area contributed by atoms with Gasteiger partial charge in [0.15, 0.2) is 0 Å². The van der Waals surface area contributed by atoms with Crippen LogP contribution >= 0.6 is 0 Å². The monoisotopic (exact) mass is 178 g/mol. The third-order valence-electron chi connectivity index (χ3n) is 1.83. The molecule has 3 N–H and O–H groups in total. The highest BCUT2D eigenvalue weighted by molar-refractivity contribution is 4.84. The van der Waals surface area contributed by atoms with Crippen LogP contribution in [0.2, 0.25) is 0 Å². The average molecular weight is 178 g/mol. The summed E-state index contributed by atoms with van der Waals surface area (Å²) in [7, 11) is 0. The molecule has 4 heteroatoms. The molecule has 12 heavy (non-hydrogen) atoms. The quantitative estimate of drug-likeness (QED) is 0.531. The molecule has 0 fully saturated rings. The van der Waals surface area contributed by atoms with Crippen LogP contribution in [0.4, 0.5) is 0 Å². The Morgan fingerprint density at radius 1 is 1.50 bits per heavy atom. The van der Waals surface area contributed by atoms with Gasteiger partial charge in [-0.15, -0.1) is 0 Å². The van der Waals surface area contributed by atoms with Gasteiger partial charge in [0, 0.05) is 6.61 Å². The standard InChI is InChI=1S/C8H18O4/c1-4-12-6(2)7(10)8(3,11)5-9/h6-7,9-11H,4-5H2,1-3H3/t6?,7?,8-/m1/s1. The topological polar surface area (TPSA) is 69.9 Å². The van der Waals surface area contributed by atoms with E-state index in [1.165, 1.54) is 6.92 Å². The van der Waals surface area contributed by atoms with E-state index >= 15 is 0 Å². The van der Waals surface area contributed by atoms with Crippen molar-refractivity contribution in [2.24, 2.45) is 0 Å². The zero-order valence-corrected chi connectivity index (χ0v) is 7.82. The van der Waals surface area contributed by atoms with Gasteiger partial charge in [-0.25, -0.2) is 0 Å². The number of aliphatic hydroxyl groups is 3. The molecule has 0 radical (unpaired) electrons. The Hall–Kier alpha value is -0.160. The van der Waals surface area contributed by atoms with Gasteiger partial charge in [-0.05, 0) is 20.8 Å². The summed E-state index contributed by atoms with van der Waals surface area (Å²) in [5.41, 5.74) is -1.49. The van der Waals surface area contributed by atoms with Crippen molar-refractivity contribution >= 4 is 0 Å². The highest BCUT2D eigenvalue weighted by Gasteiger charge is 2.33. The maximum atomic E-state index is 9.44. The summed E-state index contributed by atoms with van der Waals surface area (Å²) in [5, 5.41) is 27.6. The van der Waals surface area contributed by atoms with Crippen molar-refractivity contribution < 1.29 is 20.1 Å². The van der Waals surface area contributed by atoms with Crippen molar-refractivity contribution in [3.05, 3.63) is 0 Å². The minimum Gasteiger partial charge on any atom is -0.393 e. The largest absolute Gasteiger partial charge is 0.393 e. The van der Waals surface area contributed by atoms with E-state index in [1.54, 1.807) is 13.8 Å². The fourth-order valence-electron chi connectivity index (χ4n) is 0.953. The molecular weight excluding hydrogens is 160 g/mol. The summed E-state index contributed by atoms with van der Waals surface area (Å²) in [6.07, 6.45) is -1.54. The Bertz CT molecular complexity index is 124. The van der Waals surface area contributed by atoms with Crippen LogP contribution in [0.1, 0.15) is 20.8 Å². The zero-order chi connectivity index (χ0) is 9.78. The van der Waals surface area contributed by atoms with Crippen LogP contribution < -0.4 is 0 Å². The first-order valence-electron chi connectivity index (χ1n) is 4.08. The van der Waals surface area contributed by atoms with E-state index in [4.69, 9.17) is 9.84 Å². The van der Waals surface area contributed by atoms with E-state index in [2.05, 4.69) is 0 Å². The number of rotatable bonds is 5. The first-order chi connectivity index (χ1) is 5.45. The minimum absolute atomic E-state index is 0.472. The fourth-order valence-corrected chi connectivity index (χ4v) is 0.953. The second-order valence-corrected chi connectivity index (χ2v) is 3.12. The van der Waals surface area contributed by atoms with Gasteiger partial charge in [-0.2, -0.15) is 0 Å². The molecule has 0 bridgehead atoms. The third-order valence-corrected chi connectivity index (χ3v) is 1.83. The first kappa shape index (κ1) is 11.8. The predicted molar refractivity (Wildman–Crippen MR) is 44.8 cm³/mol.